The van der Waals surface area contributed by atoms with Crippen LogP contribution in [0.5, 0.6) is 0 Å². The van der Waals surface area contributed by atoms with Gasteiger partial charge in [0.25, 0.3) is 0 Å². The summed E-state index contributed by atoms with van der Waals surface area (Å²) in [6.45, 7) is 0.343. The fourth-order valence-corrected chi connectivity index (χ4v) is 10.2. The van der Waals surface area contributed by atoms with Gasteiger partial charge in [-0.2, -0.15) is 0 Å². The molecule has 1 aliphatic heterocycles. The molecule has 0 aliphatic carbocycles. The number of hydrogen-bond acceptors (Lipinski definition) is 18. The third kappa shape index (κ3) is 27.7. The van der Waals surface area contributed by atoms with Crippen molar-refractivity contribution >= 4 is 124 Å². The largest absolute Gasteiger partial charge is 0.481 e. The Balaban J connectivity index is 1.16. The molecule has 0 saturated heterocycles. The van der Waals surface area contributed by atoms with Crippen molar-refractivity contribution in [2.45, 2.75) is 127 Å². The molecule has 0 fully saturated rings. The third-order valence-corrected chi connectivity index (χ3v) is 15.4. The van der Waals surface area contributed by atoms with E-state index in [1.54, 1.807) is 105 Å². The number of nitrogens with one attached hydrogen (secondary N) is 11. The SMILES string of the molecule is CC(C)C(NC(=O)C(Cc1ccccc1)NC(=O)C(Cc1ccccc1)NC(=O)C(CC(=O)O)NC(=O)C(CC(=O)O)NC(=O)C(CC(=O)O)NC(=O)CNC(=O)CNC(=O)CNC(=O)C(CC(=O)O)NC(=O)C(CC(=O)O)NC(=O)CCC(=O)N1Cc2ccccc2/C=C\c2ccccc21)C(N)=O. The molecule has 0 bridgehead atoms. The minimum absolute atomic E-state index is 0.132. The number of carbonyl (C=O) groups is 18. The molecule has 36 heteroatoms. The van der Waals surface area contributed by atoms with E-state index in [-0.39, 0.29) is 19.4 Å². The molecule has 0 spiro atoms. The zero-order valence-corrected chi connectivity index (χ0v) is 56.0. The van der Waals surface area contributed by atoms with Crippen LogP contribution >= 0.6 is 0 Å². The second-order valence-corrected chi connectivity index (χ2v) is 23.9. The Bertz CT molecular complexity index is 3910. The molecule has 0 radical (unpaired) electrons. The molecule has 36 nitrogen and oxygen atoms in total. The predicted octanol–water partition coefficient (Wildman–Crippen LogP) is -3.29. The van der Waals surface area contributed by atoms with Gasteiger partial charge in [0.2, 0.25) is 76.8 Å². The maximum Gasteiger partial charge on any atom is 0.305 e. The highest BCUT2D eigenvalue weighted by Gasteiger charge is 2.37. The molecule has 0 saturated carbocycles. The van der Waals surface area contributed by atoms with Gasteiger partial charge < -0.3 is 94.7 Å². The number of benzene rings is 4. The highest BCUT2D eigenvalue weighted by Crippen LogP contribution is 2.29. The van der Waals surface area contributed by atoms with Crippen molar-refractivity contribution in [1.29, 1.82) is 0 Å². The molecule has 1 heterocycles. The van der Waals surface area contributed by atoms with Crippen LogP contribution in [-0.2, 0) is 106 Å². The van der Waals surface area contributed by atoms with Crippen LogP contribution in [0.2, 0.25) is 0 Å². The van der Waals surface area contributed by atoms with Gasteiger partial charge in [0.1, 0.15) is 48.3 Å². The monoisotopic (exact) mass is 1450 g/mol. The number of fused-ring (bicyclic) bond motifs is 2. The number of anilines is 1. The van der Waals surface area contributed by atoms with Crippen molar-refractivity contribution in [3.05, 3.63) is 137 Å². The Morgan fingerprint density at radius 2 is 0.721 bits per heavy atom. The molecule has 8 atom stereocenters. The van der Waals surface area contributed by atoms with Crippen LogP contribution in [0.1, 0.15) is 86.6 Å². The molecule has 4 aromatic carbocycles. The number of aliphatic carboxylic acids is 5. The van der Waals surface area contributed by atoms with Gasteiger partial charge in [0.05, 0.1) is 64.0 Å². The standard InChI is InChI=1S/C68H79N13O23/c1-36(2)60(61(69)97)80-68(104)43(26-38-15-7-4-8-16-38)76-63(99)42(25-37-13-5-3-6-14-37)75-66(102)47(30-58(93)94)79-67(103)48(31-59(95)96)78-65(101)46(29-57(91)92)74-53(85)34-71-51(83)32-70-52(84)33-72-62(98)44(27-55(87)88)77-64(100)45(28-56(89)90)73-50(82)23-24-54(86)81-35-41-19-10-9-17-39(41)21-22-40-18-11-12-20-49(40)81/h3-22,36,42-48,60H,23-35H2,1-2H3,(H2,69,97)(H,70,84)(H,71,83)(H,72,98)(H,73,82)(H,74,85)(H,75,102)(H,76,99)(H,77,100)(H,78,101)(H,79,103)(H,80,104)(H,87,88)(H,89,90)(H,91,92)(H,93,94)(H,95,96)/b22-21-. The van der Waals surface area contributed by atoms with Gasteiger partial charge in [-0.05, 0) is 39.8 Å². The maximum absolute atomic E-state index is 14.3. The fourth-order valence-electron chi connectivity index (χ4n) is 10.2. The first-order valence-corrected chi connectivity index (χ1v) is 32.1. The highest BCUT2D eigenvalue weighted by atomic mass is 16.4. The number of primary amides is 1. The van der Waals surface area contributed by atoms with Crippen LogP contribution in [0, 0.1) is 5.92 Å². The topological polar surface area (TPSA) is 570 Å². The lowest BCUT2D eigenvalue weighted by molar-refractivity contribution is -0.144. The number of amides is 13. The molecular formula is C68H79N13O23. The molecule has 13 amide bonds. The summed E-state index contributed by atoms with van der Waals surface area (Å²) in [5.74, 6) is -24.0. The second-order valence-electron chi connectivity index (χ2n) is 23.9. The van der Waals surface area contributed by atoms with E-state index in [2.05, 4.69) is 21.3 Å². The number of para-hydroxylation sites is 1. The van der Waals surface area contributed by atoms with Gasteiger partial charge in [-0.1, -0.05) is 129 Å². The van der Waals surface area contributed by atoms with Gasteiger partial charge in [0.15, 0.2) is 0 Å². The third-order valence-electron chi connectivity index (χ3n) is 15.4. The highest BCUT2D eigenvalue weighted by molar-refractivity contribution is 6.02. The summed E-state index contributed by atoms with van der Waals surface area (Å²) in [7, 11) is 0. The first-order chi connectivity index (χ1) is 49.3. The van der Waals surface area contributed by atoms with Gasteiger partial charge >= 0.3 is 29.8 Å². The van der Waals surface area contributed by atoms with E-state index in [0.717, 1.165) is 11.1 Å². The van der Waals surface area contributed by atoms with Crippen molar-refractivity contribution < 1.29 is 112 Å². The second kappa shape index (κ2) is 40.4. The van der Waals surface area contributed by atoms with Crippen LogP contribution < -0.4 is 69.1 Å². The summed E-state index contributed by atoms with van der Waals surface area (Å²) in [4.78, 5) is 235. The Morgan fingerprint density at radius 1 is 0.375 bits per heavy atom. The summed E-state index contributed by atoms with van der Waals surface area (Å²) in [5.41, 5.74) is 9.40. The molecule has 104 heavy (non-hydrogen) atoms. The van der Waals surface area contributed by atoms with E-state index >= 15 is 0 Å². The minimum Gasteiger partial charge on any atom is -0.481 e. The summed E-state index contributed by atoms with van der Waals surface area (Å²) in [6.07, 6.45) is -3.73. The van der Waals surface area contributed by atoms with Gasteiger partial charge in [0, 0.05) is 25.7 Å². The zero-order valence-electron chi connectivity index (χ0n) is 56.0. The molecule has 5 rings (SSSR count). The zero-order chi connectivity index (χ0) is 76.7. The van der Waals surface area contributed by atoms with Crippen LogP contribution in [0.15, 0.2) is 109 Å². The lowest BCUT2D eigenvalue weighted by atomic mass is 10.00. The summed E-state index contributed by atoms with van der Waals surface area (Å²) in [6, 6.07) is 15.8. The van der Waals surface area contributed by atoms with Crippen molar-refractivity contribution in [2.75, 3.05) is 24.5 Å². The normalized spacial score (nSPS) is 13.9. The van der Waals surface area contributed by atoms with Gasteiger partial charge in [-0.15, -0.1) is 0 Å². The number of hydrogen-bond donors (Lipinski definition) is 17. The van der Waals surface area contributed by atoms with E-state index in [1.165, 1.54) is 4.90 Å². The van der Waals surface area contributed by atoms with Gasteiger partial charge in [-0.25, -0.2) is 0 Å². The first kappa shape index (κ1) is 81.8. The van der Waals surface area contributed by atoms with Crippen molar-refractivity contribution in [3.63, 3.8) is 0 Å². The Labute approximate surface area is 592 Å². The van der Waals surface area contributed by atoms with Crippen LogP contribution in [0.25, 0.3) is 12.2 Å². The van der Waals surface area contributed by atoms with E-state index < -0.39 is 225 Å². The van der Waals surface area contributed by atoms with Crippen LogP contribution in [0.3, 0.4) is 0 Å². The Kier molecular flexibility index (Phi) is 31.7. The van der Waals surface area contributed by atoms with E-state index in [0.29, 0.717) is 22.4 Å². The number of carboxylic acid groups (broad SMARTS) is 5. The lowest BCUT2D eigenvalue weighted by Gasteiger charge is -2.27. The average Bonchev–Trinajstić information content (AvgIpc) is 0.804. The number of carboxylic acids is 5. The fraction of sp³-hybridized carbons (Fsp3) is 0.353. The molecule has 18 N–H and O–H groups in total. The molecule has 1 aliphatic rings. The predicted molar refractivity (Wildman–Crippen MR) is 362 cm³/mol. The van der Waals surface area contributed by atoms with Crippen LogP contribution in [0.4, 0.5) is 5.69 Å². The summed E-state index contributed by atoms with van der Waals surface area (Å²) in [5, 5.41) is 72.0. The van der Waals surface area contributed by atoms with E-state index in [1.807, 2.05) is 67.6 Å². The van der Waals surface area contributed by atoms with Crippen molar-refractivity contribution in [1.82, 2.24) is 58.5 Å². The average molecular weight is 1450 g/mol. The number of nitrogens with two attached hydrogens (primary N) is 1. The van der Waals surface area contributed by atoms with Crippen LogP contribution in [-0.4, -0.2) is 200 Å². The minimum atomic E-state index is -2.26. The lowest BCUT2D eigenvalue weighted by Crippen LogP contribution is -2.61. The molecule has 554 valence electrons. The smallest absolute Gasteiger partial charge is 0.305 e. The van der Waals surface area contributed by atoms with E-state index in [9.17, 15) is 112 Å². The molecular weight excluding hydrogens is 1370 g/mol. The summed E-state index contributed by atoms with van der Waals surface area (Å²) >= 11 is 0. The number of nitrogens with zero attached hydrogens (tertiary/aromatic N) is 1. The van der Waals surface area contributed by atoms with Gasteiger partial charge in [-0.3, -0.25) is 86.3 Å². The Hall–Kier alpha value is -12.9. The Morgan fingerprint density at radius 3 is 1.16 bits per heavy atom. The number of carbonyl (C=O) groups excluding carboxylic acids is 13. The number of rotatable bonds is 40. The summed E-state index contributed by atoms with van der Waals surface area (Å²) < 4.78 is 0. The maximum atomic E-state index is 14.3. The molecule has 0 aromatic heterocycles. The van der Waals surface area contributed by atoms with Crippen molar-refractivity contribution in [2.24, 2.45) is 11.7 Å². The van der Waals surface area contributed by atoms with Crippen molar-refractivity contribution in [3.8, 4) is 0 Å². The molecule has 4 aromatic rings. The quantitative estimate of drug-likeness (QED) is 0.0208. The van der Waals surface area contributed by atoms with E-state index in [4.69, 9.17) is 5.73 Å². The molecule has 8 unspecified atom stereocenters. The first-order valence-electron chi connectivity index (χ1n) is 32.1.